The second-order valence-electron chi connectivity index (χ2n) is 7.21. The molecule has 0 amide bonds. The first-order valence-corrected chi connectivity index (χ1v) is 8.23. The minimum Gasteiger partial charge on any atom is -0.497 e. The van der Waals surface area contributed by atoms with Gasteiger partial charge in [0.05, 0.1) is 7.11 Å². The smallest absolute Gasteiger partial charge is 0.119 e. The van der Waals surface area contributed by atoms with E-state index in [1.54, 1.807) is 7.11 Å². The third-order valence-electron chi connectivity index (χ3n) is 4.42. The number of hydrogen-bond donors (Lipinski definition) is 1. The third kappa shape index (κ3) is 6.52. The monoisotopic (exact) mass is 291 g/mol. The van der Waals surface area contributed by atoms with E-state index >= 15 is 0 Å². The zero-order valence-electron chi connectivity index (χ0n) is 14.7. The van der Waals surface area contributed by atoms with Gasteiger partial charge in [-0.15, -0.1) is 0 Å². The summed E-state index contributed by atoms with van der Waals surface area (Å²) < 4.78 is 5.33. The van der Waals surface area contributed by atoms with E-state index in [0.717, 1.165) is 18.7 Å². The van der Waals surface area contributed by atoms with Gasteiger partial charge < -0.3 is 10.1 Å². The molecule has 1 N–H and O–H groups in total. The van der Waals surface area contributed by atoms with Gasteiger partial charge in [-0.1, -0.05) is 46.8 Å². The van der Waals surface area contributed by atoms with Gasteiger partial charge in [0, 0.05) is 6.04 Å². The van der Waals surface area contributed by atoms with Gasteiger partial charge in [0.2, 0.25) is 0 Å². The fourth-order valence-electron chi connectivity index (χ4n) is 2.45. The van der Waals surface area contributed by atoms with Crippen LogP contribution < -0.4 is 10.1 Å². The fraction of sp³-hybridized carbons (Fsp3) is 0.684. The van der Waals surface area contributed by atoms with E-state index in [4.69, 9.17) is 4.74 Å². The first-order chi connectivity index (χ1) is 9.86. The zero-order chi connectivity index (χ0) is 15.9. The van der Waals surface area contributed by atoms with Crippen molar-refractivity contribution in [2.45, 2.75) is 59.9 Å². The van der Waals surface area contributed by atoms with Crippen molar-refractivity contribution in [3.8, 4) is 5.75 Å². The van der Waals surface area contributed by atoms with Crippen LogP contribution in [0.3, 0.4) is 0 Å². The molecule has 2 nitrogen and oxygen atoms in total. The van der Waals surface area contributed by atoms with Gasteiger partial charge in [0.1, 0.15) is 5.75 Å². The molecule has 21 heavy (non-hydrogen) atoms. The van der Waals surface area contributed by atoms with Crippen LogP contribution in [0.15, 0.2) is 24.3 Å². The van der Waals surface area contributed by atoms with Crippen molar-refractivity contribution in [1.29, 1.82) is 0 Å². The van der Waals surface area contributed by atoms with Crippen molar-refractivity contribution in [3.05, 3.63) is 29.8 Å². The maximum Gasteiger partial charge on any atom is 0.119 e. The van der Waals surface area contributed by atoms with Gasteiger partial charge in [-0.05, 0) is 54.8 Å². The Morgan fingerprint density at radius 3 is 2.52 bits per heavy atom. The molecule has 0 spiro atoms. The summed E-state index contributed by atoms with van der Waals surface area (Å²) in [5.74, 6) is 1.64. The molecule has 0 aliphatic rings. The fourth-order valence-corrected chi connectivity index (χ4v) is 2.45. The van der Waals surface area contributed by atoms with E-state index in [2.05, 4.69) is 58.1 Å². The Kier molecular flexibility index (Phi) is 7.24. The molecule has 0 saturated carbocycles. The van der Waals surface area contributed by atoms with E-state index < -0.39 is 0 Å². The van der Waals surface area contributed by atoms with Gasteiger partial charge in [0.15, 0.2) is 0 Å². The predicted molar refractivity (Wildman–Crippen MR) is 92.0 cm³/mol. The molecule has 0 aliphatic carbocycles. The highest BCUT2D eigenvalue weighted by Crippen LogP contribution is 2.30. The van der Waals surface area contributed by atoms with E-state index in [9.17, 15) is 0 Å². The van der Waals surface area contributed by atoms with Crippen LogP contribution in [0.4, 0.5) is 0 Å². The number of hydrogen-bond acceptors (Lipinski definition) is 2. The number of ether oxygens (including phenoxy) is 1. The number of benzene rings is 1. The first-order valence-electron chi connectivity index (χ1n) is 8.23. The van der Waals surface area contributed by atoms with E-state index in [1.807, 2.05) is 6.07 Å². The minimum absolute atomic E-state index is 0.362. The minimum atomic E-state index is 0.362. The van der Waals surface area contributed by atoms with Crippen LogP contribution in [0.2, 0.25) is 0 Å². The molecule has 2 unspecified atom stereocenters. The van der Waals surface area contributed by atoms with Crippen LogP contribution in [0.25, 0.3) is 0 Å². The second-order valence-corrected chi connectivity index (χ2v) is 7.21. The Morgan fingerprint density at radius 2 is 1.95 bits per heavy atom. The molecule has 1 rings (SSSR count). The van der Waals surface area contributed by atoms with Crippen molar-refractivity contribution in [2.75, 3.05) is 13.7 Å². The topological polar surface area (TPSA) is 21.3 Å². The normalized spacial score (nSPS) is 14.8. The van der Waals surface area contributed by atoms with Crippen LogP contribution >= 0.6 is 0 Å². The Morgan fingerprint density at radius 1 is 1.24 bits per heavy atom. The Labute approximate surface area is 131 Å². The summed E-state index contributed by atoms with van der Waals surface area (Å²) in [7, 11) is 1.73. The summed E-state index contributed by atoms with van der Waals surface area (Å²) in [6, 6.07) is 8.98. The number of methoxy groups -OCH3 is 1. The standard InChI is InChI=1S/C19H33NO/c1-7-11-20-17(12-15(2)19(3,4)5)13-16-9-8-10-18(14-16)21-6/h8-10,14-15,17,20H,7,11-13H2,1-6H3. The van der Waals surface area contributed by atoms with Gasteiger partial charge in [-0.25, -0.2) is 0 Å². The van der Waals surface area contributed by atoms with E-state index in [-0.39, 0.29) is 0 Å². The maximum absolute atomic E-state index is 5.33. The van der Waals surface area contributed by atoms with E-state index in [0.29, 0.717) is 17.4 Å². The van der Waals surface area contributed by atoms with Gasteiger partial charge >= 0.3 is 0 Å². The molecule has 0 radical (unpaired) electrons. The summed E-state index contributed by atoms with van der Waals surface area (Å²) >= 11 is 0. The number of nitrogens with one attached hydrogen (secondary N) is 1. The van der Waals surface area contributed by atoms with Gasteiger partial charge in [0.25, 0.3) is 0 Å². The van der Waals surface area contributed by atoms with E-state index in [1.165, 1.54) is 18.4 Å². The molecule has 120 valence electrons. The van der Waals surface area contributed by atoms with Gasteiger partial charge in [-0.3, -0.25) is 0 Å². The Hall–Kier alpha value is -1.02. The van der Waals surface area contributed by atoms with Crippen molar-refractivity contribution in [3.63, 3.8) is 0 Å². The summed E-state index contributed by atoms with van der Waals surface area (Å²) in [5, 5.41) is 3.72. The molecule has 0 saturated heterocycles. The summed E-state index contributed by atoms with van der Waals surface area (Å²) in [5.41, 5.74) is 1.71. The lowest BCUT2D eigenvalue weighted by molar-refractivity contribution is 0.222. The molecule has 0 heterocycles. The average Bonchev–Trinajstić information content (AvgIpc) is 2.43. The van der Waals surface area contributed by atoms with Crippen molar-refractivity contribution in [1.82, 2.24) is 5.32 Å². The SMILES string of the molecule is CCCNC(Cc1cccc(OC)c1)CC(C)C(C)(C)C. The Balaban J connectivity index is 2.72. The highest BCUT2D eigenvalue weighted by molar-refractivity contribution is 5.29. The molecule has 1 aromatic rings. The van der Waals surface area contributed by atoms with Gasteiger partial charge in [-0.2, -0.15) is 0 Å². The highest BCUT2D eigenvalue weighted by atomic mass is 16.5. The lowest BCUT2D eigenvalue weighted by Gasteiger charge is -2.31. The Bertz CT molecular complexity index is 408. The molecule has 2 heteroatoms. The summed E-state index contributed by atoms with van der Waals surface area (Å²) in [4.78, 5) is 0. The molecular weight excluding hydrogens is 258 g/mol. The molecule has 1 aromatic carbocycles. The molecule has 0 aliphatic heterocycles. The largest absolute Gasteiger partial charge is 0.497 e. The average molecular weight is 291 g/mol. The lowest BCUT2D eigenvalue weighted by Crippen LogP contribution is -2.35. The quantitative estimate of drug-likeness (QED) is 0.751. The molecular formula is C19H33NO. The first kappa shape index (κ1) is 18.0. The zero-order valence-corrected chi connectivity index (χ0v) is 14.7. The van der Waals surface area contributed by atoms with Crippen molar-refractivity contribution in [2.24, 2.45) is 11.3 Å². The summed E-state index contributed by atoms with van der Waals surface area (Å²) in [6.07, 6.45) is 3.46. The third-order valence-corrected chi connectivity index (χ3v) is 4.42. The maximum atomic E-state index is 5.33. The van der Waals surface area contributed by atoms with Crippen molar-refractivity contribution < 1.29 is 4.74 Å². The van der Waals surface area contributed by atoms with Crippen LogP contribution in [-0.2, 0) is 6.42 Å². The van der Waals surface area contributed by atoms with Crippen LogP contribution in [-0.4, -0.2) is 19.7 Å². The number of rotatable bonds is 8. The van der Waals surface area contributed by atoms with Crippen molar-refractivity contribution >= 4 is 0 Å². The van der Waals surface area contributed by atoms with Crippen LogP contribution in [0.5, 0.6) is 5.75 Å². The molecule has 2 atom stereocenters. The highest BCUT2D eigenvalue weighted by Gasteiger charge is 2.23. The lowest BCUT2D eigenvalue weighted by atomic mass is 9.78. The second kappa shape index (κ2) is 8.43. The predicted octanol–water partition coefficient (Wildman–Crippen LogP) is 4.68. The van der Waals surface area contributed by atoms with Crippen LogP contribution in [0.1, 0.15) is 53.0 Å². The molecule has 0 aromatic heterocycles. The molecule has 0 fully saturated rings. The summed E-state index contributed by atoms with van der Waals surface area (Å²) in [6.45, 7) is 12.7. The van der Waals surface area contributed by atoms with Crippen LogP contribution in [0, 0.1) is 11.3 Å². The molecule has 0 bridgehead atoms.